The van der Waals surface area contributed by atoms with Gasteiger partial charge in [0, 0.05) is 23.9 Å². The lowest BCUT2D eigenvalue weighted by atomic mass is 10.2. The molecule has 1 unspecified atom stereocenters. The number of thioether (sulfide) groups is 1. The van der Waals surface area contributed by atoms with Crippen LogP contribution in [0.1, 0.15) is 19.4 Å². The SMILES string of the molecule is CCSCC(C)NS(=O)(=O)c1ccc(F)c(CNC)c1F. The molecule has 8 heteroatoms. The molecule has 0 aromatic heterocycles. The fourth-order valence-corrected chi connectivity index (χ4v) is 3.90. The van der Waals surface area contributed by atoms with Crippen LogP contribution in [0.3, 0.4) is 0 Å². The number of nitrogens with one attached hydrogen (secondary N) is 2. The molecule has 1 rings (SSSR count). The van der Waals surface area contributed by atoms with Crippen molar-refractivity contribution >= 4 is 21.8 Å². The molecular weight excluding hydrogens is 318 g/mol. The van der Waals surface area contributed by atoms with E-state index in [4.69, 9.17) is 0 Å². The van der Waals surface area contributed by atoms with Gasteiger partial charge >= 0.3 is 0 Å². The Kier molecular flexibility index (Phi) is 7.05. The van der Waals surface area contributed by atoms with Crippen LogP contribution < -0.4 is 10.0 Å². The second-order valence-electron chi connectivity index (χ2n) is 4.55. The molecule has 0 bridgehead atoms. The normalized spacial score (nSPS) is 13.4. The molecule has 4 nitrogen and oxygen atoms in total. The highest BCUT2D eigenvalue weighted by molar-refractivity contribution is 7.99. The van der Waals surface area contributed by atoms with Gasteiger partial charge in [0.05, 0.1) is 0 Å². The number of benzene rings is 1. The molecule has 0 fully saturated rings. The van der Waals surface area contributed by atoms with E-state index in [9.17, 15) is 17.2 Å². The molecule has 0 spiro atoms. The van der Waals surface area contributed by atoms with E-state index in [1.54, 1.807) is 18.7 Å². The zero-order valence-electron chi connectivity index (χ0n) is 12.2. The first-order chi connectivity index (χ1) is 9.83. The lowest BCUT2D eigenvalue weighted by molar-refractivity contribution is 0.516. The molecule has 0 saturated heterocycles. The molecule has 120 valence electrons. The predicted octanol–water partition coefficient (Wildman–Crippen LogP) is 2.10. The summed E-state index contributed by atoms with van der Waals surface area (Å²) in [6, 6.07) is 1.58. The van der Waals surface area contributed by atoms with E-state index in [1.165, 1.54) is 7.05 Å². The highest BCUT2D eigenvalue weighted by Crippen LogP contribution is 2.21. The minimum atomic E-state index is -4.01. The topological polar surface area (TPSA) is 58.2 Å². The van der Waals surface area contributed by atoms with Crippen LogP contribution >= 0.6 is 11.8 Å². The van der Waals surface area contributed by atoms with Gasteiger partial charge in [-0.1, -0.05) is 6.92 Å². The van der Waals surface area contributed by atoms with Crippen LogP contribution in [0.25, 0.3) is 0 Å². The van der Waals surface area contributed by atoms with Crippen LogP contribution in [-0.2, 0) is 16.6 Å². The van der Waals surface area contributed by atoms with Crippen molar-refractivity contribution in [2.24, 2.45) is 0 Å². The third-order valence-electron chi connectivity index (χ3n) is 2.72. The van der Waals surface area contributed by atoms with E-state index in [1.807, 2.05) is 6.92 Å². The first-order valence-corrected chi connectivity index (χ1v) is 9.18. The minimum absolute atomic E-state index is 0.0811. The van der Waals surface area contributed by atoms with Crippen molar-refractivity contribution in [1.29, 1.82) is 0 Å². The smallest absolute Gasteiger partial charge is 0.243 e. The van der Waals surface area contributed by atoms with Gasteiger partial charge in [-0.25, -0.2) is 21.9 Å². The van der Waals surface area contributed by atoms with Gasteiger partial charge in [0.1, 0.15) is 10.7 Å². The van der Waals surface area contributed by atoms with Crippen LogP contribution in [0, 0.1) is 11.6 Å². The van der Waals surface area contributed by atoms with Gasteiger partial charge in [-0.2, -0.15) is 11.8 Å². The Morgan fingerprint density at radius 2 is 2.00 bits per heavy atom. The molecule has 1 aromatic carbocycles. The van der Waals surface area contributed by atoms with Gasteiger partial charge in [-0.15, -0.1) is 0 Å². The van der Waals surface area contributed by atoms with Crippen LogP contribution in [-0.4, -0.2) is 33.0 Å². The summed E-state index contributed by atoms with van der Waals surface area (Å²) in [5, 5.41) is 2.61. The molecule has 21 heavy (non-hydrogen) atoms. The summed E-state index contributed by atoms with van der Waals surface area (Å²) in [4.78, 5) is -0.525. The summed E-state index contributed by atoms with van der Waals surface area (Å²) in [7, 11) is -2.48. The van der Waals surface area contributed by atoms with Crippen molar-refractivity contribution in [1.82, 2.24) is 10.0 Å². The van der Waals surface area contributed by atoms with Crippen molar-refractivity contribution < 1.29 is 17.2 Å². The van der Waals surface area contributed by atoms with Crippen LogP contribution in [0.2, 0.25) is 0 Å². The second kappa shape index (κ2) is 8.07. The van der Waals surface area contributed by atoms with Gasteiger partial charge in [0.15, 0.2) is 5.82 Å². The lowest BCUT2D eigenvalue weighted by Crippen LogP contribution is -2.35. The van der Waals surface area contributed by atoms with Crippen molar-refractivity contribution in [2.45, 2.75) is 31.3 Å². The number of hydrogen-bond acceptors (Lipinski definition) is 4. The Hall–Kier alpha value is -0.700. The van der Waals surface area contributed by atoms with Crippen LogP contribution in [0.5, 0.6) is 0 Å². The molecule has 0 heterocycles. The number of halogens is 2. The van der Waals surface area contributed by atoms with E-state index in [-0.39, 0.29) is 18.2 Å². The van der Waals surface area contributed by atoms with Crippen molar-refractivity contribution in [3.63, 3.8) is 0 Å². The Labute approximate surface area is 128 Å². The van der Waals surface area contributed by atoms with Gasteiger partial charge in [-0.3, -0.25) is 0 Å². The monoisotopic (exact) mass is 338 g/mol. The molecular formula is C13H20F2N2O2S2. The standard InChI is InChI=1S/C13H20F2N2O2S2/c1-4-20-8-9(2)17-21(18,19)12-6-5-11(14)10(7-16-3)13(12)15/h5-6,9,16-17H,4,7-8H2,1-3H3. The largest absolute Gasteiger partial charge is 0.315 e. The highest BCUT2D eigenvalue weighted by Gasteiger charge is 2.24. The van der Waals surface area contributed by atoms with Crippen molar-refractivity contribution in [2.75, 3.05) is 18.6 Å². The third kappa shape index (κ3) is 4.91. The van der Waals surface area contributed by atoms with E-state index < -0.39 is 26.6 Å². The second-order valence-corrected chi connectivity index (χ2v) is 7.55. The van der Waals surface area contributed by atoms with E-state index in [2.05, 4.69) is 10.0 Å². The van der Waals surface area contributed by atoms with E-state index in [0.717, 1.165) is 17.9 Å². The van der Waals surface area contributed by atoms with Gasteiger partial charge in [-0.05, 0) is 31.9 Å². The molecule has 0 aliphatic heterocycles. The maximum absolute atomic E-state index is 14.2. The Balaban J connectivity index is 3.06. The molecule has 0 radical (unpaired) electrons. The molecule has 0 aliphatic rings. The number of rotatable bonds is 8. The molecule has 0 aliphatic carbocycles. The predicted molar refractivity (Wildman–Crippen MR) is 81.9 cm³/mol. The Morgan fingerprint density at radius 3 is 2.57 bits per heavy atom. The summed E-state index contributed by atoms with van der Waals surface area (Å²) in [6.07, 6.45) is 0. The molecule has 0 saturated carbocycles. The van der Waals surface area contributed by atoms with E-state index >= 15 is 0 Å². The summed E-state index contributed by atoms with van der Waals surface area (Å²) >= 11 is 1.58. The fourth-order valence-electron chi connectivity index (χ4n) is 1.78. The van der Waals surface area contributed by atoms with Gasteiger partial charge in [0.25, 0.3) is 0 Å². The first-order valence-electron chi connectivity index (χ1n) is 6.55. The fraction of sp³-hybridized carbons (Fsp3) is 0.538. The molecule has 0 amide bonds. The maximum atomic E-state index is 14.2. The molecule has 1 atom stereocenters. The molecule has 1 aromatic rings. The average molecular weight is 338 g/mol. The van der Waals surface area contributed by atoms with Gasteiger partial charge < -0.3 is 5.32 Å². The summed E-state index contributed by atoms with van der Waals surface area (Å²) in [5.41, 5.74) is -0.282. The average Bonchev–Trinajstić information content (AvgIpc) is 2.40. The van der Waals surface area contributed by atoms with Crippen LogP contribution in [0.15, 0.2) is 17.0 Å². The third-order valence-corrected chi connectivity index (χ3v) is 5.47. The van der Waals surface area contributed by atoms with E-state index in [0.29, 0.717) is 5.75 Å². The van der Waals surface area contributed by atoms with Gasteiger partial charge in [0.2, 0.25) is 10.0 Å². The number of sulfonamides is 1. The quantitative estimate of drug-likeness (QED) is 0.762. The first kappa shape index (κ1) is 18.3. The maximum Gasteiger partial charge on any atom is 0.243 e. The zero-order chi connectivity index (χ0) is 16.0. The molecule has 2 N–H and O–H groups in total. The van der Waals surface area contributed by atoms with Crippen molar-refractivity contribution in [3.8, 4) is 0 Å². The van der Waals surface area contributed by atoms with Crippen LogP contribution in [0.4, 0.5) is 8.78 Å². The summed E-state index contributed by atoms with van der Waals surface area (Å²) < 4.78 is 54.5. The Bertz CT molecular complexity index is 580. The number of hydrogen-bond donors (Lipinski definition) is 2. The Morgan fingerprint density at radius 1 is 1.33 bits per heavy atom. The lowest BCUT2D eigenvalue weighted by Gasteiger charge is -2.15. The minimum Gasteiger partial charge on any atom is -0.315 e. The highest BCUT2D eigenvalue weighted by atomic mass is 32.2. The summed E-state index contributed by atoms with van der Waals surface area (Å²) in [6.45, 7) is 3.59. The summed E-state index contributed by atoms with van der Waals surface area (Å²) in [5.74, 6) is -0.367. The van der Waals surface area contributed by atoms with Crippen molar-refractivity contribution in [3.05, 3.63) is 29.3 Å². The zero-order valence-corrected chi connectivity index (χ0v) is 13.9.